The van der Waals surface area contributed by atoms with Crippen molar-refractivity contribution < 1.29 is 16.8 Å². The molecule has 0 aliphatic rings. The summed E-state index contributed by atoms with van der Waals surface area (Å²) in [5, 5.41) is 0. The van der Waals surface area contributed by atoms with Crippen LogP contribution in [0.15, 0.2) is 35.2 Å². The van der Waals surface area contributed by atoms with Crippen molar-refractivity contribution in [2.45, 2.75) is 37.6 Å². The lowest BCUT2D eigenvalue weighted by Gasteiger charge is -2.30. The predicted molar refractivity (Wildman–Crippen MR) is 95.5 cm³/mol. The molecule has 0 heterocycles. The summed E-state index contributed by atoms with van der Waals surface area (Å²) in [6, 6.07) is 7.80. The zero-order valence-corrected chi connectivity index (χ0v) is 16.0. The van der Waals surface area contributed by atoms with E-state index < -0.39 is 25.6 Å². The van der Waals surface area contributed by atoms with Crippen molar-refractivity contribution in [2.75, 3.05) is 18.8 Å². The van der Waals surface area contributed by atoms with Gasteiger partial charge in [0.05, 0.1) is 10.6 Å². The van der Waals surface area contributed by atoms with Crippen LogP contribution in [0.3, 0.4) is 0 Å². The standard InChI is InChI=1S/C15H27N3O4S2/c1-13(2)11-15(3,12-16)18-23(19,20)10-9-17-24(21,22)14-7-5-4-6-8-14/h4-8,13,17-18H,9-12,16H2,1-3H3. The minimum atomic E-state index is -3.72. The predicted octanol–water partition coefficient (Wildman–Crippen LogP) is 0.648. The molecular weight excluding hydrogens is 350 g/mol. The van der Waals surface area contributed by atoms with E-state index in [1.807, 2.05) is 13.8 Å². The Morgan fingerprint density at radius 1 is 1.12 bits per heavy atom. The van der Waals surface area contributed by atoms with Gasteiger partial charge in [-0.3, -0.25) is 0 Å². The quantitative estimate of drug-likeness (QED) is 0.553. The van der Waals surface area contributed by atoms with Crippen molar-refractivity contribution in [3.8, 4) is 0 Å². The van der Waals surface area contributed by atoms with Crippen molar-refractivity contribution >= 4 is 20.0 Å². The fraction of sp³-hybridized carbons (Fsp3) is 0.600. The molecular formula is C15H27N3O4S2. The second-order valence-electron chi connectivity index (χ2n) is 6.49. The minimum Gasteiger partial charge on any atom is -0.329 e. The molecule has 1 unspecified atom stereocenters. The molecule has 0 spiro atoms. The van der Waals surface area contributed by atoms with Gasteiger partial charge in [-0.1, -0.05) is 32.0 Å². The van der Waals surface area contributed by atoms with Gasteiger partial charge in [-0.25, -0.2) is 26.3 Å². The number of hydrogen-bond donors (Lipinski definition) is 3. The molecule has 9 heteroatoms. The molecule has 24 heavy (non-hydrogen) atoms. The Labute approximate surface area is 145 Å². The van der Waals surface area contributed by atoms with Gasteiger partial charge in [0, 0.05) is 18.6 Å². The van der Waals surface area contributed by atoms with Gasteiger partial charge in [0.2, 0.25) is 20.0 Å². The molecule has 0 aliphatic heterocycles. The summed E-state index contributed by atoms with van der Waals surface area (Å²) in [7, 11) is -7.38. The second-order valence-corrected chi connectivity index (χ2v) is 10.1. The lowest BCUT2D eigenvalue weighted by Crippen LogP contribution is -2.53. The third kappa shape index (κ3) is 6.86. The van der Waals surface area contributed by atoms with Crippen LogP contribution in [0.1, 0.15) is 27.2 Å². The van der Waals surface area contributed by atoms with E-state index in [1.165, 1.54) is 12.1 Å². The molecule has 0 aromatic heterocycles. The average molecular weight is 378 g/mol. The zero-order valence-electron chi connectivity index (χ0n) is 14.3. The highest BCUT2D eigenvalue weighted by Crippen LogP contribution is 2.16. The van der Waals surface area contributed by atoms with Crippen LogP contribution < -0.4 is 15.2 Å². The second kappa shape index (κ2) is 8.39. The number of nitrogens with two attached hydrogens (primary N) is 1. The van der Waals surface area contributed by atoms with Crippen LogP contribution in [0.5, 0.6) is 0 Å². The fourth-order valence-corrected chi connectivity index (χ4v) is 5.06. The first-order valence-electron chi connectivity index (χ1n) is 7.76. The summed E-state index contributed by atoms with van der Waals surface area (Å²) >= 11 is 0. The molecule has 0 saturated heterocycles. The van der Waals surface area contributed by atoms with Crippen molar-refractivity contribution in [1.82, 2.24) is 9.44 Å². The Hall–Kier alpha value is -1.00. The molecule has 4 N–H and O–H groups in total. The number of nitrogens with one attached hydrogen (secondary N) is 2. The van der Waals surface area contributed by atoms with Gasteiger partial charge in [0.15, 0.2) is 0 Å². The van der Waals surface area contributed by atoms with Crippen LogP contribution in [-0.2, 0) is 20.0 Å². The molecule has 1 rings (SSSR count). The first kappa shape index (κ1) is 21.0. The first-order chi connectivity index (χ1) is 11.0. The van der Waals surface area contributed by atoms with E-state index >= 15 is 0 Å². The number of sulfonamides is 2. The summed E-state index contributed by atoms with van der Waals surface area (Å²) in [5.74, 6) is -0.0786. The summed E-state index contributed by atoms with van der Waals surface area (Å²) in [4.78, 5) is 0.0990. The largest absolute Gasteiger partial charge is 0.329 e. The lowest BCUT2D eigenvalue weighted by molar-refractivity contribution is 0.344. The molecule has 0 fully saturated rings. The highest BCUT2D eigenvalue weighted by molar-refractivity contribution is 7.90. The molecule has 1 aromatic carbocycles. The molecule has 0 amide bonds. The molecule has 1 aromatic rings. The molecule has 138 valence electrons. The number of benzene rings is 1. The van der Waals surface area contributed by atoms with Crippen molar-refractivity contribution in [3.05, 3.63) is 30.3 Å². The third-order valence-corrected chi connectivity index (χ3v) is 6.45. The number of hydrogen-bond acceptors (Lipinski definition) is 5. The van der Waals surface area contributed by atoms with Gasteiger partial charge in [-0.15, -0.1) is 0 Å². The maximum absolute atomic E-state index is 12.2. The van der Waals surface area contributed by atoms with E-state index in [0.29, 0.717) is 6.42 Å². The number of rotatable bonds is 10. The summed E-state index contributed by atoms with van der Waals surface area (Å²) in [6.07, 6.45) is 0.596. The SMILES string of the molecule is CC(C)CC(C)(CN)NS(=O)(=O)CCNS(=O)(=O)c1ccccc1. The smallest absolute Gasteiger partial charge is 0.240 e. The molecule has 7 nitrogen and oxygen atoms in total. The average Bonchev–Trinajstić information content (AvgIpc) is 2.46. The zero-order chi connectivity index (χ0) is 18.4. The van der Waals surface area contributed by atoms with Crippen LogP contribution in [0, 0.1) is 5.92 Å². The van der Waals surface area contributed by atoms with Gasteiger partial charge < -0.3 is 5.73 Å². The normalized spacial score (nSPS) is 15.4. The van der Waals surface area contributed by atoms with E-state index in [2.05, 4.69) is 9.44 Å². The van der Waals surface area contributed by atoms with E-state index in [9.17, 15) is 16.8 Å². The van der Waals surface area contributed by atoms with Crippen LogP contribution in [-0.4, -0.2) is 41.2 Å². The van der Waals surface area contributed by atoms with E-state index in [0.717, 1.165) is 0 Å². The summed E-state index contributed by atoms with van der Waals surface area (Å²) in [5.41, 5.74) is 4.95. The third-order valence-electron chi connectivity index (χ3n) is 3.43. The Kier molecular flexibility index (Phi) is 7.36. The fourth-order valence-electron chi connectivity index (χ4n) is 2.49. The van der Waals surface area contributed by atoms with E-state index in [4.69, 9.17) is 5.73 Å². The summed E-state index contributed by atoms with van der Waals surface area (Å²) in [6.45, 7) is 5.67. The molecule has 0 radical (unpaired) electrons. The highest BCUT2D eigenvalue weighted by atomic mass is 32.2. The van der Waals surface area contributed by atoms with Crippen LogP contribution >= 0.6 is 0 Å². The van der Waals surface area contributed by atoms with Gasteiger partial charge in [0.1, 0.15) is 0 Å². The van der Waals surface area contributed by atoms with Gasteiger partial charge >= 0.3 is 0 Å². The first-order valence-corrected chi connectivity index (χ1v) is 10.9. The van der Waals surface area contributed by atoms with E-state index in [-0.39, 0.29) is 29.7 Å². The Balaban J connectivity index is 2.66. The highest BCUT2D eigenvalue weighted by Gasteiger charge is 2.29. The minimum absolute atomic E-state index is 0.0990. The molecule has 0 saturated carbocycles. The Bertz CT molecular complexity index is 718. The Morgan fingerprint density at radius 2 is 1.71 bits per heavy atom. The summed E-state index contributed by atoms with van der Waals surface area (Å²) < 4.78 is 53.4. The van der Waals surface area contributed by atoms with Gasteiger partial charge in [-0.2, -0.15) is 0 Å². The maximum Gasteiger partial charge on any atom is 0.240 e. The molecule has 0 aliphatic carbocycles. The van der Waals surface area contributed by atoms with E-state index in [1.54, 1.807) is 25.1 Å². The van der Waals surface area contributed by atoms with Crippen molar-refractivity contribution in [3.63, 3.8) is 0 Å². The lowest BCUT2D eigenvalue weighted by atomic mass is 9.92. The van der Waals surface area contributed by atoms with Gasteiger partial charge in [-0.05, 0) is 31.4 Å². The molecule has 1 atom stereocenters. The molecule has 0 bridgehead atoms. The van der Waals surface area contributed by atoms with Crippen LogP contribution in [0.25, 0.3) is 0 Å². The van der Waals surface area contributed by atoms with Crippen molar-refractivity contribution in [2.24, 2.45) is 11.7 Å². The van der Waals surface area contributed by atoms with Crippen LogP contribution in [0.4, 0.5) is 0 Å². The van der Waals surface area contributed by atoms with Crippen LogP contribution in [0.2, 0.25) is 0 Å². The Morgan fingerprint density at radius 3 is 2.21 bits per heavy atom. The van der Waals surface area contributed by atoms with Crippen molar-refractivity contribution in [1.29, 1.82) is 0 Å². The van der Waals surface area contributed by atoms with Gasteiger partial charge in [0.25, 0.3) is 0 Å². The topological polar surface area (TPSA) is 118 Å². The monoisotopic (exact) mass is 377 g/mol. The maximum atomic E-state index is 12.2.